The van der Waals surface area contributed by atoms with Gasteiger partial charge in [0.15, 0.2) is 0 Å². The maximum absolute atomic E-state index is 13.0. The van der Waals surface area contributed by atoms with Gasteiger partial charge in [-0.25, -0.2) is 4.39 Å². The molecule has 1 atom stereocenters. The minimum atomic E-state index is -0.262. The molecule has 4 heteroatoms. The molecule has 0 aromatic heterocycles. The summed E-state index contributed by atoms with van der Waals surface area (Å²) in [4.78, 5) is 1.34. The highest BCUT2D eigenvalue weighted by Gasteiger charge is 2.22. The van der Waals surface area contributed by atoms with Crippen LogP contribution in [0.2, 0.25) is 0 Å². The van der Waals surface area contributed by atoms with Crippen LogP contribution in [0, 0.1) is 5.82 Å². The molecule has 0 spiro atoms. The van der Waals surface area contributed by atoms with Crippen molar-refractivity contribution in [1.29, 1.82) is 0 Å². The van der Waals surface area contributed by atoms with Crippen molar-refractivity contribution >= 4 is 27.7 Å². The zero-order valence-electron chi connectivity index (χ0n) is 10.1. The molecule has 1 heterocycles. The van der Waals surface area contributed by atoms with E-state index in [4.69, 9.17) is 4.74 Å². The molecule has 0 amide bonds. The van der Waals surface area contributed by atoms with Crippen LogP contribution in [0.3, 0.4) is 0 Å². The second-order valence-corrected chi connectivity index (χ2v) is 6.63. The van der Waals surface area contributed by atoms with Gasteiger partial charge in [-0.05, 0) is 52.2 Å². The van der Waals surface area contributed by atoms with Crippen molar-refractivity contribution in [3.05, 3.63) is 58.3 Å². The van der Waals surface area contributed by atoms with Crippen molar-refractivity contribution in [2.24, 2.45) is 0 Å². The van der Waals surface area contributed by atoms with Crippen molar-refractivity contribution in [3.8, 4) is 5.75 Å². The summed E-state index contributed by atoms with van der Waals surface area (Å²) in [5, 5.41) is 0.425. The van der Waals surface area contributed by atoms with E-state index in [9.17, 15) is 4.39 Å². The molecule has 1 nitrogen and oxygen atoms in total. The number of hydrogen-bond donors (Lipinski definition) is 0. The Kier molecular flexibility index (Phi) is 3.80. The molecule has 0 bridgehead atoms. The molecule has 0 fully saturated rings. The largest absolute Gasteiger partial charge is 0.491 e. The third-order valence-corrected chi connectivity index (χ3v) is 4.94. The third kappa shape index (κ3) is 2.95. The first-order chi connectivity index (χ1) is 9.22. The summed E-state index contributed by atoms with van der Waals surface area (Å²) < 4.78 is 19.4. The molecule has 0 aliphatic carbocycles. The molecule has 0 saturated heterocycles. The van der Waals surface area contributed by atoms with Crippen LogP contribution in [0.15, 0.2) is 51.8 Å². The van der Waals surface area contributed by atoms with Gasteiger partial charge in [0, 0.05) is 10.1 Å². The molecule has 2 aromatic rings. The zero-order chi connectivity index (χ0) is 13.2. The van der Waals surface area contributed by atoms with Crippen LogP contribution in [0.25, 0.3) is 0 Å². The van der Waals surface area contributed by atoms with Crippen LogP contribution >= 0.6 is 27.7 Å². The number of ether oxygens (including phenoxy) is 1. The fraction of sp³-hybridized carbons (Fsp3) is 0.200. The zero-order valence-corrected chi connectivity index (χ0v) is 12.5. The highest BCUT2D eigenvalue weighted by atomic mass is 79.9. The number of halogens is 2. The van der Waals surface area contributed by atoms with Gasteiger partial charge in [0.25, 0.3) is 0 Å². The van der Waals surface area contributed by atoms with Crippen LogP contribution in [0.4, 0.5) is 4.39 Å². The first kappa shape index (κ1) is 13.0. The Balaban J connectivity index is 1.63. The maximum atomic E-state index is 13.0. The highest BCUT2D eigenvalue weighted by molar-refractivity contribution is 9.10. The van der Waals surface area contributed by atoms with Gasteiger partial charge in [-0.1, -0.05) is 18.2 Å². The van der Waals surface area contributed by atoms with Crippen molar-refractivity contribution in [3.63, 3.8) is 0 Å². The molecule has 1 aliphatic heterocycles. The monoisotopic (exact) mass is 338 g/mol. The Hall–Kier alpha value is -1.000. The Bertz CT molecular complexity index is 577. The second-order valence-electron chi connectivity index (χ2n) is 4.44. The van der Waals surface area contributed by atoms with Crippen molar-refractivity contribution < 1.29 is 9.13 Å². The number of thioether (sulfide) groups is 1. The van der Waals surface area contributed by atoms with E-state index in [1.54, 1.807) is 6.07 Å². The number of fused-ring (bicyclic) bond motifs is 1. The van der Waals surface area contributed by atoms with E-state index in [-0.39, 0.29) is 5.82 Å². The van der Waals surface area contributed by atoms with Crippen LogP contribution in [-0.2, 0) is 6.42 Å². The van der Waals surface area contributed by atoms with E-state index < -0.39 is 0 Å². The summed E-state index contributed by atoms with van der Waals surface area (Å²) in [7, 11) is 0. The maximum Gasteiger partial charge on any atom is 0.133 e. The van der Waals surface area contributed by atoms with Gasteiger partial charge in [-0.2, -0.15) is 0 Å². The normalized spacial score (nSPS) is 17.3. The third-order valence-electron chi connectivity index (χ3n) is 3.03. The lowest BCUT2D eigenvalue weighted by atomic mass is 10.1. The molecule has 2 aromatic carbocycles. The Morgan fingerprint density at radius 2 is 2.11 bits per heavy atom. The standard InChI is InChI=1S/C15H12BrFOS/c16-13-8-11(17)5-6-14(13)18-9-12-7-10-3-1-2-4-15(10)19-12/h1-6,8,12H,7,9H2. The topological polar surface area (TPSA) is 9.23 Å². The lowest BCUT2D eigenvalue weighted by molar-refractivity contribution is 0.315. The summed E-state index contributed by atoms with van der Waals surface area (Å²) in [5.41, 5.74) is 1.39. The molecule has 19 heavy (non-hydrogen) atoms. The van der Waals surface area contributed by atoms with E-state index >= 15 is 0 Å². The van der Waals surface area contributed by atoms with Crippen molar-refractivity contribution in [2.45, 2.75) is 16.6 Å². The minimum absolute atomic E-state index is 0.262. The number of rotatable bonds is 3. The van der Waals surface area contributed by atoms with E-state index in [1.807, 2.05) is 11.8 Å². The second kappa shape index (κ2) is 5.55. The molecule has 0 radical (unpaired) electrons. The van der Waals surface area contributed by atoms with Gasteiger partial charge in [0.05, 0.1) is 4.47 Å². The van der Waals surface area contributed by atoms with E-state index in [0.29, 0.717) is 22.1 Å². The highest BCUT2D eigenvalue weighted by Crippen LogP contribution is 2.37. The summed E-state index contributed by atoms with van der Waals surface area (Å²) in [6, 6.07) is 12.9. The molecular formula is C15H12BrFOS. The van der Waals surface area contributed by atoms with E-state index in [2.05, 4.69) is 40.2 Å². The Morgan fingerprint density at radius 3 is 2.89 bits per heavy atom. The summed E-state index contributed by atoms with van der Waals surface area (Å²) in [6.45, 7) is 0.629. The first-order valence-electron chi connectivity index (χ1n) is 6.05. The Morgan fingerprint density at radius 1 is 1.26 bits per heavy atom. The molecule has 0 N–H and O–H groups in total. The van der Waals surface area contributed by atoms with Crippen LogP contribution < -0.4 is 4.74 Å². The molecule has 1 unspecified atom stereocenters. The number of hydrogen-bond acceptors (Lipinski definition) is 2. The molecule has 1 aliphatic rings. The summed E-state index contributed by atoms with van der Waals surface area (Å²) >= 11 is 5.16. The SMILES string of the molecule is Fc1ccc(OCC2Cc3ccccc3S2)c(Br)c1. The molecular weight excluding hydrogens is 327 g/mol. The Labute approximate surface area is 124 Å². The van der Waals surface area contributed by atoms with Crippen LogP contribution in [0.5, 0.6) is 5.75 Å². The first-order valence-corrected chi connectivity index (χ1v) is 7.72. The van der Waals surface area contributed by atoms with Crippen molar-refractivity contribution in [1.82, 2.24) is 0 Å². The van der Waals surface area contributed by atoms with Crippen LogP contribution in [-0.4, -0.2) is 11.9 Å². The smallest absolute Gasteiger partial charge is 0.133 e. The lowest BCUT2D eigenvalue weighted by Gasteiger charge is -2.12. The summed E-state index contributed by atoms with van der Waals surface area (Å²) in [5.74, 6) is 0.430. The minimum Gasteiger partial charge on any atom is -0.491 e. The number of benzene rings is 2. The predicted molar refractivity (Wildman–Crippen MR) is 79.4 cm³/mol. The predicted octanol–water partition coefficient (Wildman–Crippen LogP) is 4.68. The van der Waals surface area contributed by atoms with E-state index in [0.717, 1.165) is 6.42 Å². The molecule has 98 valence electrons. The van der Waals surface area contributed by atoms with Gasteiger partial charge in [0.2, 0.25) is 0 Å². The molecule has 0 saturated carbocycles. The van der Waals surface area contributed by atoms with E-state index in [1.165, 1.54) is 22.6 Å². The van der Waals surface area contributed by atoms with Gasteiger partial charge in [-0.15, -0.1) is 11.8 Å². The van der Waals surface area contributed by atoms with Gasteiger partial charge < -0.3 is 4.74 Å². The fourth-order valence-corrected chi connectivity index (χ4v) is 3.81. The van der Waals surface area contributed by atoms with Gasteiger partial charge in [-0.3, -0.25) is 0 Å². The summed E-state index contributed by atoms with van der Waals surface area (Å²) in [6.07, 6.45) is 1.03. The molecule has 3 rings (SSSR count). The average molecular weight is 339 g/mol. The van der Waals surface area contributed by atoms with Crippen molar-refractivity contribution in [2.75, 3.05) is 6.61 Å². The lowest BCUT2D eigenvalue weighted by Crippen LogP contribution is -2.13. The quantitative estimate of drug-likeness (QED) is 0.803. The fourth-order valence-electron chi connectivity index (χ4n) is 2.12. The van der Waals surface area contributed by atoms with Gasteiger partial charge in [0.1, 0.15) is 18.2 Å². The average Bonchev–Trinajstić information content (AvgIpc) is 2.80. The van der Waals surface area contributed by atoms with Crippen LogP contribution in [0.1, 0.15) is 5.56 Å². The van der Waals surface area contributed by atoms with Gasteiger partial charge >= 0.3 is 0 Å².